The third-order valence-corrected chi connectivity index (χ3v) is 5.67. The number of nitrogens with zero attached hydrogens (tertiary/aromatic N) is 3. The molecule has 1 amide bonds. The fourth-order valence-corrected chi connectivity index (χ4v) is 3.31. The predicted molar refractivity (Wildman–Crippen MR) is 120 cm³/mol. The third-order valence-electron chi connectivity index (χ3n) is 5.67. The Bertz CT molecular complexity index is 990. The van der Waals surface area contributed by atoms with Crippen LogP contribution in [0.5, 0.6) is 5.75 Å². The maximum absolute atomic E-state index is 14.4. The number of halogens is 1. The molecule has 1 aromatic heterocycles. The number of pyridine rings is 1. The zero-order valence-electron chi connectivity index (χ0n) is 18.9. The summed E-state index contributed by atoms with van der Waals surface area (Å²) in [6.45, 7) is 6.44. The van der Waals surface area contributed by atoms with E-state index < -0.39 is 5.82 Å². The number of ether oxygens (including phenoxy) is 1. The van der Waals surface area contributed by atoms with Crippen LogP contribution in [0.4, 0.5) is 15.9 Å². The molecular weight excluding hydrogens is 397 g/mol. The second-order valence-corrected chi connectivity index (χ2v) is 8.35. The first-order valence-electron chi connectivity index (χ1n) is 10.2. The van der Waals surface area contributed by atoms with Gasteiger partial charge >= 0.3 is 0 Å². The molecule has 2 N–H and O–H groups in total. The Morgan fingerprint density at radius 1 is 1.32 bits per heavy atom. The molecule has 0 fully saturated rings. The summed E-state index contributed by atoms with van der Waals surface area (Å²) in [5.41, 5.74) is 4.34. The number of carbonyl (C=O) groups excluding carboxylic acids is 1. The van der Waals surface area contributed by atoms with Crippen LogP contribution < -0.4 is 20.5 Å². The maximum Gasteiger partial charge on any atom is 0.257 e. The van der Waals surface area contributed by atoms with Gasteiger partial charge in [-0.05, 0) is 42.2 Å². The van der Waals surface area contributed by atoms with E-state index in [1.807, 2.05) is 6.08 Å². The molecule has 166 valence electrons. The van der Waals surface area contributed by atoms with Crippen molar-refractivity contribution in [3.63, 3.8) is 0 Å². The van der Waals surface area contributed by atoms with E-state index in [0.29, 0.717) is 22.9 Å². The first kappa shape index (κ1) is 22.6. The SMILES string of the molecule is CCC(C)(C)C1C=C(Nc2ncccc2C(=O)N(C)C)N(c2cccc(F)c2OC)N1. The number of nitrogens with one attached hydrogen (secondary N) is 2. The predicted octanol–water partition coefficient (Wildman–Crippen LogP) is 4.01. The highest BCUT2D eigenvalue weighted by Crippen LogP contribution is 2.38. The van der Waals surface area contributed by atoms with Crippen molar-refractivity contribution in [3.8, 4) is 5.75 Å². The Hall–Kier alpha value is -3.13. The molecule has 2 heterocycles. The van der Waals surface area contributed by atoms with Gasteiger partial charge in [0.15, 0.2) is 11.6 Å². The lowest BCUT2D eigenvalue weighted by Gasteiger charge is -2.32. The fraction of sp³-hybridized carbons (Fsp3) is 0.391. The quantitative estimate of drug-likeness (QED) is 0.696. The van der Waals surface area contributed by atoms with E-state index in [4.69, 9.17) is 4.74 Å². The molecule has 2 aromatic rings. The molecule has 1 aliphatic rings. The summed E-state index contributed by atoms with van der Waals surface area (Å²) in [5, 5.41) is 5.03. The van der Waals surface area contributed by atoms with Crippen LogP contribution in [0.1, 0.15) is 37.6 Å². The maximum atomic E-state index is 14.4. The topological polar surface area (TPSA) is 69.7 Å². The van der Waals surface area contributed by atoms with Crippen LogP contribution in [0.3, 0.4) is 0 Å². The highest BCUT2D eigenvalue weighted by molar-refractivity contribution is 5.98. The van der Waals surface area contributed by atoms with Crippen molar-refractivity contribution in [2.24, 2.45) is 5.41 Å². The molecule has 0 bridgehead atoms. The van der Waals surface area contributed by atoms with Gasteiger partial charge in [-0.2, -0.15) is 0 Å². The van der Waals surface area contributed by atoms with Gasteiger partial charge in [0.2, 0.25) is 0 Å². The van der Waals surface area contributed by atoms with Crippen molar-refractivity contribution in [2.45, 2.75) is 33.2 Å². The summed E-state index contributed by atoms with van der Waals surface area (Å²) in [5.74, 6) is 0.568. The number of methoxy groups -OCH3 is 1. The summed E-state index contributed by atoms with van der Waals surface area (Å²) in [7, 11) is 4.83. The van der Waals surface area contributed by atoms with Gasteiger partial charge in [0, 0.05) is 20.3 Å². The van der Waals surface area contributed by atoms with Gasteiger partial charge in [-0.15, -0.1) is 0 Å². The number of carbonyl (C=O) groups is 1. The first-order valence-corrected chi connectivity index (χ1v) is 10.2. The number of amides is 1. The summed E-state index contributed by atoms with van der Waals surface area (Å²) in [6, 6.07) is 8.17. The van der Waals surface area contributed by atoms with Gasteiger partial charge < -0.3 is 15.0 Å². The van der Waals surface area contributed by atoms with Crippen LogP contribution in [0.25, 0.3) is 0 Å². The number of hydrazine groups is 1. The van der Waals surface area contributed by atoms with E-state index in [9.17, 15) is 9.18 Å². The van der Waals surface area contributed by atoms with Gasteiger partial charge in [-0.25, -0.2) is 14.8 Å². The van der Waals surface area contributed by atoms with E-state index in [2.05, 4.69) is 36.5 Å². The van der Waals surface area contributed by atoms with E-state index in [1.54, 1.807) is 49.6 Å². The second-order valence-electron chi connectivity index (χ2n) is 8.35. The Labute approximate surface area is 182 Å². The van der Waals surface area contributed by atoms with Crippen molar-refractivity contribution in [2.75, 3.05) is 31.5 Å². The lowest BCUT2D eigenvalue weighted by Crippen LogP contribution is -2.45. The molecule has 1 aromatic carbocycles. The van der Waals surface area contributed by atoms with Crippen LogP contribution in [-0.2, 0) is 0 Å². The summed E-state index contributed by atoms with van der Waals surface area (Å²) >= 11 is 0. The molecule has 0 radical (unpaired) electrons. The van der Waals surface area contributed by atoms with Crippen molar-refractivity contribution < 1.29 is 13.9 Å². The summed E-state index contributed by atoms with van der Waals surface area (Å²) in [6.07, 6.45) is 4.58. The molecule has 1 aliphatic heterocycles. The van der Waals surface area contributed by atoms with Crippen molar-refractivity contribution in [3.05, 3.63) is 59.8 Å². The average Bonchev–Trinajstić information content (AvgIpc) is 3.17. The fourth-order valence-electron chi connectivity index (χ4n) is 3.31. The van der Waals surface area contributed by atoms with Gasteiger partial charge in [0.25, 0.3) is 5.91 Å². The zero-order chi connectivity index (χ0) is 22.8. The van der Waals surface area contributed by atoms with E-state index >= 15 is 0 Å². The molecular formula is C23H30FN5O2. The highest BCUT2D eigenvalue weighted by Gasteiger charge is 2.36. The normalized spacial score (nSPS) is 16.2. The molecule has 0 spiro atoms. The van der Waals surface area contributed by atoms with Crippen LogP contribution in [0, 0.1) is 11.2 Å². The molecule has 1 unspecified atom stereocenters. The van der Waals surface area contributed by atoms with Crippen molar-refractivity contribution in [1.82, 2.24) is 15.3 Å². The molecule has 0 saturated carbocycles. The van der Waals surface area contributed by atoms with Crippen molar-refractivity contribution >= 4 is 17.4 Å². The van der Waals surface area contributed by atoms with E-state index in [-0.39, 0.29) is 23.1 Å². The lowest BCUT2D eigenvalue weighted by molar-refractivity contribution is 0.0828. The molecule has 7 nitrogen and oxygen atoms in total. The van der Waals surface area contributed by atoms with E-state index in [1.165, 1.54) is 18.1 Å². The van der Waals surface area contributed by atoms with Gasteiger partial charge in [-0.1, -0.05) is 26.8 Å². The summed E-state index contributed by atoms with van der Waals surface area (Å²) in [4.78, 5) is 18.5. The molecule has 1 atom stereocenters. The average molecular weight is 428 g/mol. The molecule has 0 aliphatic carbocycles. The molecule has 31 heavy (non-hydrogen) atoms. The van der Waals surface area contributed by atoms with Gasteiger partial charge in [0.05, 0.1) is 18.7 Å². The van der Waals surface area contributed by atoms with Crippen LogP contribution in [0.15, 0.2) is 48.4 Å². The Balaban J connectivity index is 2.06. The molecule has 0 saturated heterocycles. The number of rotatable bonds is 7. The Kier molecular flexibility index (Phi) is 6.50. The Morgan fingerprint density at radius 3 is 2.71 bits per heavy atom. The minimum absolute atomic E-state index is 0.0373. The number of anilines is 2. The second kappa shape index (κ2) is 8.93. The van der Waals surface area contributed by atoms with Crippen LogP contribution in [-0.4, -0.2) is 43.0 Å². The summed E-state index contributed by atoms with van der Waals surface area (Å²) < 4.78 is 19.8. The first-order chi connectivity index (χ1) is 14.7. The third kappa shape index (κ3) is 4.49. The monoisotopic (exact) mass is 427 g/mol. The van der Waals surface area contributed by atoms with Gasteiger partial charge in [0.1, 0.15) is 17.3 Å². The standard InChI is InChI=1S/C23H30FN5O2/c1-7-23(2,3)18-14-19(26-21-15(10-9-13-25-21)22(30)28(4)5)29(27-18)17-12-8-11-16(24)20(17)31-6/h8-14,18,27H,7H2,1-6H3,(H,25,26). The smallest absolute Gasteiger partial charge is 0.257 e. The zero-order valence-corrected chi connectivity index (χ0v) is 18.9. The number of para-hydroxylation sites is 1. The number of aromatic nitrogens is 1. The van der Waals surface area contributed by atoms with Gasteiger partial charge in [-0.3, -0.25) is 9.80 Å². The minimum atomic E-state index is -0.458. The van der Waals surface area contributed by atoms with E-state index in [0.717, 1.165) is 6.42 Å². The number of benzene rings is 1. The Morgan fingerprint density at radius 2 is 2.06 bits per heavy atom. The van der Waals surface area contributed by atoms with Crippen LogP contribution in [0.2, 0.25) is 0 Å². The van der Waals surface area contributed by atoms with Crippen LogP contribution >= 0.6 is 0 Å². The highest BCUT2D eigenvalue weighted by atomic mass is 19.1. The lowest BCUT2D eigenvalue weighted by atomic mass is 9.82. The largest absolute Gasteiger partial charge is 0.492 e. The number of hydrogen-bond acceptors (Lipinski definition) is 6. The molecule has 3 rings (SSSR count). The molecule has 8 heteroatoms. The van der Waals surface area contributed by atoms with Crippen molar-refractivity contribution in [1.29, 1.82) is 0 Å². The minimum Gasteiger partial charge on any atom is -0.492 e. The number of hydrogen-bond donors (Lipinski definition) is 2.